The van der Waals surface area contributed by atoms with E-state index in [1.54, 1.807) is 24.5 Å². The Bertz CT molecular complexity index is 845. The Morgan fingerprint density at radius 3 is 2.27 bits per heavy atom. The van der Waals surface area contributed by atoms with Gasteiger partial charge in [-0.15, -0.1) is 0 Å². The number of nitrogens with zero attached hydrogens (tertiary/aromatic N) is 2. The lowest BCUT2D eigenvalue weighted by molar-refractivity contribution is 0.0939. The van der Waals surface area contributed by atoms with Crippen molar-refractivity contribution >= 4 is 15.9 Å². The largest absolute Gasteiger partial charge is 0.346 e. The SMILES string of the molecule is CC(NC(=O)c1ccc(S(=O)(=O)N2CCCCC2)cc1)c1ccncc1. The summed E-state index contributed by atoms with van der Waals surface area (Å²) in [6.07, 6.45) is 6.22. The fourth-order valence-corrected chi connectivity index (χ4v) is 4.57. The van der Waals surface area contributed by atoms with Crippen LogP contribution in [0.1, 0.15) is 48.1 Å². The van der Waals surface area contributed by atoms with Crippen molar-refractivity contribution in [3.63, 3.8) is 0 Å². The number of rotatable bonds is 5. The highest BCUT2D eigenvalue weighted by Gasteiger charge is 2.26. The van der Waals surface area contributed by atoms with Crippen LogP contribution in [-0.4, -0.2) is 36.7 Å². The number of piperidine rings is 1. The maximum atomic E-state index is 12.7. The molecule has 3 rings (SSSR count). The van der Waals surface area contributed by atoms with Gasteiger partial charge in [0.2, 0.25) is 10.0 Å². The molecule has 1 aromatic heterocycles. The average Bonchev–Trinajstić information content (AvgIpc) is 2.69. The zero-order valence-electron chi connectivity index (χ0n) is 14.8. The lowest BCUT2D eigenvalue weighted by atomic mass is 10.1. The summed E-state index contributed by atoms with van der Waals surface area (Å²) in [4.78, 5) is 16.6. The first-order chi connectivity index (χ1) is 12.5. The van der Waals surface area contributed by atoms with Gasteiger partial charge >= 0.3 is 0 Å². The molecule has 1 N–H and O–H groups in total. The van der Waals surface area contributed by atoms with Crippen LogP contribution in [0.4, 0.5) is 0 Å². The van der Waals surface area contributed by atoms with Crippen LogP contribution in [0.5, 0.6) is 0 Å². The van der Waals surface area contributed by atoms with Gasteiger partial charge in [-0.25, -0.2) is 8.42 Å². The molecule has 26 heavy (non-hydrogen) atoms. The minimum Gasteiger partial charge on any atom is -0.346 e. The van der Waals surface area contributed by atoms with E-state index in [9.17, 15) is 13.2 Å². The van der Waals surface area contributed by atoms with E-state index in [2.05, 4.69) is 10.3 Å². The van der Waals surface area contributed by atoms with Gasteiger partial charge in [0.05, 0.1) is 10.9 Å². The Kier molecular flexibility index (Phi) is 5.68. The van der Waals surface area contributed by atoms with Gasteiger partial charge in [0.15, 0.2) is 0 Å². The third kappa shape index (κ3) is 4.11. The van der Waals surface area contributed by atoms with Crippen molar-refractivity contribution in [3.8, 4) is 0 Å². The van der Waals surface area contributed by atoms with Gasteiger partial charge in [-0.2, -0.15) is 4.31 Å². The van der Waals surface area contributed by atoms with Gasteiger partial charge in [-0.1, -0.05) is 6.42 Å². The molecular weight excluding hydrogens is 350 g/mol. The van der Waals surface area contributed by atoms with Crippen molar-refractivity contribution in [2.75, 3.05) is 13.1 Å². The van der Waals surface area contributed by atoms with Crippen molar-refractivity contribution in [1.82, 2.24) is 14.6 Å². The zero-order chi connectivity index (χ0) is 18.6. The number of pyridine rings is 1. The fraction of sp³-hybridized carbons (Fsp3) is 0.368. The van der Waals surface area contributed by atoms with Crippen LogP contribution in [0.2, 0.25) is 0 Å². The molecule has 0 bridgehead atoms. The number of carbonyl (C=O) groups excluding carboxylic acids is 1. The van der Waals surface area contributed by atoms with E-state index in [1.165, 1.54) is 16.4 Å². The Labute approximate surface area is 154 Å². The second-order valence-corrected chi connectivity index (χ2v) is 8.40. The van der Waals surface area contributed by atoms with Gasteiger partial charge < -0.3 is 5.32 Å². The summed E-state index contributed by atoms with van der Waals surface area (Å²) in [6, 6.07) is 9.67. The van der Waals surface area contributed by atoms with Crippen LogP contribution in [0.3, 0.4) is 0 Å². The molecule has 7 heteroatoms. The first kappa shape index (κ1) is 18.5. The Balaban J connectivity index is 1.70. The number of amides is 1. The van der Waals surface area contributed by atoms with E-state index in [1.807, 2.05) is 19.1 Å². The maximum absolute atomic E-state index is 12.7. The lowest BCUT2D eigenvalue weighted by Gasteiger charge is -2.25. The van der Waals surface area contributed by atoms with E-state index in [0.717, 1.165) is 24.8 Å². The van der Waals surface area contributed by atoms with Crippen LogP contribution < -0.4 is 5.32 Å². The summed E-state index contributed by atoms with van der Waals surface area (Å²) in [6.45, 7) is 3.02. The summed E-state index contributed by atoms with van der Waals surface area (Å²) in [5, 5.41) is 2.91. The van der Waals surface area contributed by atoms with E-state index >= 15 is 0 Å². The van der Waals surface area contributed by atoms with E-state index in [0.29, 0.717) is 18.7 Å². The molecule has 2 heterocycles. The Morgan fingerprint density at radius 2 is 1.65 bits per heavy atom. The molecule has 1 aliphatic heterocycles. The number of hydrogen-bond acceptors (Lipinski definition) is 4. The second-order valence-electron chi connectivity index (χ2n) is 6.46. The third-order valence-electron chi connectivity index (χ3n) is 4.62. The number of hydrogen-bond donors (Lipinski definition) is 1. The predicted octanol–water partition coefficient (Wildman–Crippen LogP) is 2.75. The van der Waals surface area contributed by atoms with E-state index in [-0.39, 0.29) is 16.8 Å². The summed E-state index contributed by atoms with van der Waals surface area (Å²) >= 11 is 0. The van der Waals surface area contributed by atoms with Crippen molar-refractivity contribution in [1.29, 1.82) is 0 Å². The van der Waals surface area contributed by atoms with E-state index < -0.39 is 10.0 Å². The minimum absolute atomic E-state index is 0.165. The minimum atomic E-state index is -3.48. The average molecular weight is 373 g/mol. The quantitative estimate of drug-likeness (QED) is 0.874. The molecule has 1 atom stereocenters. The molecule has 0 spiro atoms. The highest BCUT2D eigenvalue weighted by molar-refractivity contribution is 7.89. The normalized spacial score (nSPS) is 16.8. The van der Waals surface area contributed by atoms with Crippen molar-refractivity contribution in [2.45, 2.75) is 37.1 Å². The monoisotopic (exact) mass is 373 g/mol. The van der Waals surface area contributed by atoms with Crippen molar-refractivity contribution in [3.05, 3.63) is 59.9 Å². The second kappa shape index (κ2) is 7.97. The van der Waals surface area contributed by atoms with Gasteiger partial charge in [-0.3, -0.25) is 9.78 Å². The number of nitrogens with one attached hydrogen (secondary N) is 1. The molecule has 1 unspecified atom stereocenters. The number of sulfonamides is 1. The lowest BCUT2D eigenvalue weighted by Crippen LogP contribution is -2.35. The molecule has 1 aromatic carbocycles. The summed E-state index contributed by atoms with van der Waals surface area (Å²) < 4.78 is 26.8. The van der Waals surface area contributed by atoms with Gasteiger partial charge in [0, 0.05) is 31.0 Å². The first-order valence-electron chi connectivity index (χ1n) is 8.79. The predicted molar refractivity (Wildman–Crippen MR) is 99.2 cm³/mol. The summed E-state index contributed by atoms with van der Waals surface area (Å²) in [5.41, 5.74) is 1.39. The van der Waals surface area contributed by atoms with Gasteiger partial charge in [-0.05, 0) is 61.7 Å². The molecule has 1 aliphatic rings. The smallest absolute Gasteiger partial charge is 0.251 e. The zero-order valence-corrected chi connectivity index (χ0v) is 15.6. The highest BCUT2D eigenvalue weighted by Crippen LogP contribution is 2.21. The molecule has 6 nitrogen and oxygen atoms in total. The van der Waals surface area contributed by atoms with Crippen LogP contribution in [0.15, 0.2) is 53.7 Å². The molecule has 138 valence electrons. The van der Waals surface area contributed by atoms with Crippen LogP contribution >= 0.6 is 0 Å². The first-order valence-corrected chi connectivity index (χ1v) is 10.2. The number of aromatic nitrogens is 1. The summed E-state index contributed by atoms with van der Waals surface area (Å²) in [7, 11) is -3.48. The highest BCUT2D eigenvalue weighted by atomic mass is 32.2. The van der Waals surface area contributed by atoms with Crippen LogP contribution in [-0.2, 0) is 10.0 Å². The Morgan fingerprint density at radius 1 is 1.04 bits per heavy atom. The van der Waals surface area contributed by atoms with Gasteiger partial charge in [0.25, 0.3) is 5.91 Å². The number of benzene rings is 1. The molecule has 1 amide bonds. The summed E-state index contributed by atoms with van der Waals surface area (Å²) in [5.74, 6) is -0.240. The molecule has 0 saturated carbocycles. The van der Waals surface area contributed by atoms with Crippen molar-refractivity contribution in [2.24, 2.45) is 0 Å². The molecular formula is C19H23N3O3S. The van der Waals surface area contributed by atoms with Crippen LogP contribution in [0.25, 0.3) is 0 Å². The standard InChI is InChI=1S/C19H23N3O3S/c1-15(16-9-11-20-12-10-16)21-19(23)17-5-7-18(8-6-17)26(24,25)22-13-3-2-4-14-22/h5-12,15H,2-4,13-14H2,1H3,(H,21,23). The van der Waals surface area contributed by atoms with E-state index in [4.69, 9.17) is 0 Å². The van der Waals surface area contributed by atoms with Crippen molar-refractivity contribution < 1.29 is 13.2 Å². The molecule has 2 aromatic rings. The topological polar surface area (TPSA) is 79.4 Å². The number of carbonyl (C=O) groups is 1. The Hall–Kier alpha value is -2.25. The maximum Gasteiger partial charge on any atom is 0.251 e. The molecule has 1 saturated heterocycles. The third-order valence-corrected chi connectivity index (χ3v) is 6.54. The van der Waals surface area contributed by atoms with Gasteiger partial charge in [0.1, 0.15) is 0 Å². The molecule has 0 aliphatic carbocycles. The fourth-order valence-electron chi connectivity index (χ4n) is 3.05. The molecule has 0 radical (unpaired) electrons. The molecule has 1 fully saturated rings. The van der Waals surface area contributed by atoms with Crippen LogP contribution in [0, 0.1) is 0 Å².